The van der Waals surface area contributed by atoms with Gasteiger partial charge in [0.1, 0.15) is 5.75 Å². The zero-order valence-electron chi connectivity index (χ0n) is 18.4. The van der Waals surface area contributed by atoms with E-state index in [1.165, 1.54) is 12.8 Å². The van der Waals surface area contributed by atoms with E-state index in [0.717, 1.165) is 63.4 Å². The van der Waals surface area contributed by atoms with E-state index in [0.29, 0.717) is 13.1 Å². The second-order valence-corrected chi connectivity index (χ2v) is 8.35. The van der Waals surface area contributed by atoms with E-state index in [1.54, 1.807) is 7.11 Å². The van der Waals surface area contributed by atoms with E-state index < -0.39 is 0 Å². The number of nitrogens with zero attached hydrogens (tertiary/aromatic N) is 3. The highest BCUT2D eigenvalue weighted by Crippen LogP contribution is 2.13. The van der Waals surface area contributed by atoms with Gasteiger partial charge < -0.3 is 15.0 Å². The van der Waals surface area contributed by atoms with Crippen molar-refractivity contribution in [2.24, 2.45) is 0 Å². The Morgan fingerprint density at radius 2 is 1.60 bits per heavy atom. The molecule has 1 N–H and O–H groups in total. The molecule has 1 aromatic rings. The number of nitrogens with one attached hydrogen (secondary N) is 1. The highest BCUT2D eigenvalue weighted by atomic mass is 16.5. The van der Waals surface area contributed by atoms with Crippen LogP contribution in [0.1, 0.15) is 38.2 Å². The van der Waals surface area contributed by atoms with Crippen molar-refractivity contribution >= 4 is 11.8 Å². The highest BCUT2D eigenvalue weighted by molar-refractivity contribution is 5.81. The molecule has 0 radical (unpaired) electrons. The fourth-order valence-corrected chi connectivity index (χ4v) is 4.17. The first-order chi connectivity index (χ1) is 14.6. The summed E-state index contributed by atoms with van der Waals surface area (Å²) in [7, 11) is 1.64. The lowest BCUT2D eigenvalue weighted by atomic mass is 10.2. The van der Waals surface area contributed by atoms with Gasteiger partial charge in [0.15, 0.2) is 0 Å². The summed E-state index contributed by atoms with van der Waals surface area (Å²) in [6.07, 6.45) is 4.73. The molecule has 2 aliphatic rings. The average Bonchev–Trinajstić information content (AvgIpc) is 3.07. The molecular weight excluding hydrogens is 380 g/mol. The summed E-state index contributed by atoms with van der Waals surface area (Å²) in [6, 6.07) is 7.55. The van der Waals surface area contributed by atoms with Gasteiger partial charge in [0.25, 0.3) is 0 Å². The first-order valence-electron chi connectivity index (χ1n) is 11.2. The van der Waals surface area contributed by atoms with Crippen molar-refractivity contribution in [3.63, 3.8) is 0 Å². The molecule has 1 aromatic carbocycles. The molecule has 0 aliphatic carbocycles. The molecule has 2 saturated heterocycles. The van der Waals surface area contributed by atoms with Gasteiger partial charge in [-0.15, -0.1) is 0 Å². The van der Waals surface area contributed by atoms with Crippen LogP contribution >= 0.6 is 0 Å². The Labute approximate surface area is 180 Å². The molecule has 7 nitrogen and oxygen atoms in total. The van der Waals surface area contributed by atoms with Crippen LogP contribution in [-0.4, -0.2) is 85.5 Å². The number of carbonyl (C=O) groups excluding carboxylic acids is 2. The predicted molar refractivity (Wildman–Crippen MR) is 117 cm³/mol. The van der Waals surface area contributed by atoms with Crippen LogP contribution < -0.4 is 10.1 Å². The molecule has 30 heavy (non-hydrogen) atoms. The Bertz CT molecular complexity index is 678. The van der Waals surface area contributed by atoms with Crippen LogP contribution in [0.4, 0.5) is 0 Å². The van der Waals surface area contributed by atoms with Crippen molar-refractivity contribution in [3.05, 3.63) is 29.8 Å². The fourth-order valence-electron chi connectivity index (χ4n) is 4.17. The summed E-state index contributed by atoms with van der Waals surface area (Å²) < 4.78 is 5.16. The van der Waals surface area contributed by atoms with E-state index in [-0.39, 0.29) is 17.9 Å². The smallest absolute Gasteiger partial charge is 0.237 e. The third kappa shape index (κ3) is 6.44. The molecule has 1 unspecified atom stereocenters. The van der Waals surface area contributed by atoms with Gasteiger partial charge in [0, 0.05) is 45.8 Å². The fraction of sp³-hybridized carbons (Fsp3) is 0.652. The van der Waals surface area contributed by atoms with Crippen molar-refractivity contribution in [3.8, 4) is 5.75 Å². The lowest BCUT2D eigenvalue weighted by molar-refractivity contribution is -0.133. The van der Waals surface area contributed by atoms with Gasteiger partial charge in [0.2, 0.25) is 11.8 Å². The second kappa shape index (κ2) is 11.3. The molecule has 166 valence electrons. The standard InChI is InChI=1S/C23H36N4O3/c1-19(23(29)24-17-20-7-9-21(30-2)10-8-20)26-15-13-25(14-16-26)18-22(28)27-11-5-3-4-6-12-27/h7-10,19H,3-6,11-18H2,1-2H3,(H,24,29). The lowest BCUT2D eigenvalue weighted by Gasteiger charge is -2.37. The van der Waals surface area contributed by atoms with Crippen molar-refractivity contribution < 1.29 is 14.3 Å². The molecule has 2 aliphatic heterocycles. The number of ether oxygens (including phenoxy) is 1. The molecular formula is C23H36N4O3. The molecule has 7 heteroatoms. The molecule has 0 aromatic heterocycles. The minimum Gasteiger partial charge on any atom is -0.497 e. The molecule has 2 heterocycles. The molecule has 3 rings (SSSR count). The normalized spacial score (nSPS) is 19.7. The average molecular weight is 417 g/mol. The van der Waals surface area contributed by atoms with Crippen molar-refractivity contribution in [1.29, 1.82) is 0 Å². The van der Waals surface area contributed by atoms with Crippen LogP contribution in [0.15, 0.2) is 24.3 Å². The molecule has 2 fully saturated rings. The largest absolute Gasteiger partial charge is 0.497 e. The Balaban J connectivity index is 1.38. The van der Waals surface area contributed by atoms with Crippen molar-refractivity contribution in [2.45, 2.75) is 45.2 Å². The Kier molecular flexibility index (Phi) is 8.51. The summed E-state index contributed by atoms with van der Waals surface area (Å²) in [5.74, 6) is 1.11. The highest BCUT2D eigenvalue weighted by Gasteiger charge is 2.27. The van der Waals surface area contributed by atoms with Gasteiger partial charge in [-0.1, -0.05) is 25.0 Å². The lowest BCUT2D eigenvalue weighted by Crippen LogP contribution is -2.55. The topological polar surface area (TPSA) is 65.1 Å². The first kappa shape index (κ1) is 22.6. The number of carbonyl (C=O) groups is 2. The Morgan fingerprint density at radius 1 is 0.967 bits per heavy atom. The van der Waals surface area contributed by atoms with Gasteiger partial charge in [-0.2, -0.15) is 0 Å². The summed E-state index contributed by atoms with van der Waals surface area (Å²) in [5.41, 5.74) is 1.05. The molecule has 2 amide bonds. The third-order valence-corrected chi connectivity index (χ3v) is 6.28. The van der Waals surface area contributed by atoms with Crippen LogP contribution in [0.3, 0.4) is 0 Å². The summed E-state index contributed by atoms with van der Waals surface area (Å²) in [6.45, 7) is 8.07. The van der Waals surface area contributed by atoms with Gasteiger partial charge in [-0.25, -0.2) is 0 Å². The van der Waals surface area contributed by atoms with Crippen LogP contribution in [-0.2, 0) is 16.1 Å². The number of rotatable bonds is 7. The second-order valence-electron chi connectivity index (χ2n) is 8.35. The Morgan fingerprint density at radius 3 is 2.20 bits per heavy atom. The van der Waals surface area contributed by atoms with Crippen LogP contribution in [0, 0.1) is 0 Å². The summed E-state index contributed by atoms with van der Waals surface area (Å²) >= 11 is 0. The maximum atomic E-state index is 12.6. The minimum atomic E-state index is -0.174. The Hall–Kier alpha value is -2.12. The minimum absolute atomic E-state index is 0.0416. The van der Waals surface area contributed by atoms with E-state index >= 15 is 0 Å². The van der Waals surface area contributed by atoms with E-state index in [9.17, 15) is 9.59 Å². The van der Waals surface area contributed by atoms with Crippen molar-refractivity contribution in [2.75, 3.05) is 52.9 Å². The third-order valence-electron chi connectivity index (χ3n) is 6.28. The molecule has 0 bridgehead atoms. The number of hydrogen-bond acceptors (Lipinski definition) is 5. The van der Waals surface area contributed by atoms with Gasteiger partial charge in [-0.3, -0.25) is 19.4 Å². The maximum absolute atomic E-state index is 12.6. The number of hydrogen-bond donors (Lipinski definition) is 1. The SMILES string of the molecule is COc1ccc(CNC(=O)C(C)N2CCN(CC(=O)N3CCCCCC3)CC2)cc1. The number of amides is 2. The number of piperazine rings is 1. The van der Waals surface area contributed by atoms with Gasteiger partial charge in [0.05, 0.1) is 19.7 Å². The predicted octanol–water partition coefficient (Wildman–Crippen LogP) is 1.72. The number of likely N-dealkylation sites (tertiary alicyclic amines) is 1. The zero-order valence-corrected chi connectivity index (χ0v) is 18.4. The van der Waals surface area contributed by atoms with E-state index in [1.807, 2.05) is 36.1 Å². The number of methoxy groups -OCH3 is 1. The monoisotopic (exact) mass is 416 g/mol. The molecule has 0 saturated carbocycles. The van der Waals surface area contributed by atoms with Crippen LogP contribution in [0.25, 0.3) is 0 Å². The van der Waals surface area contributed by atoms with Crippen molar-refractivity contribution in [1.82, 2.24) is 20.0 Å². The van der Waals surface area contributed by atoms with Crippen LogP contribution in [0.5, 0.6) is 5.75 Å². The first-order valence-corrected chi connectivity index (χ1v) is 11.2. The van der Waals surface area contributed by atoms with Gasteiger partial charge in [-0.05, 0) is 37.5 Å². The van der Waals surface area contributed by atoms with Gasteiger partial charge >= 0.3 is 0 Å². The maximum Gasteiger partial charge on any atom is 0.237 e. The number of benzene rings is 1. The quantitative estimate of drug-likeness (QED) is 0.733. The summed E-state index contributed by atoms with van der Waals surface area (Å²) in [5, 5.41) is 3.03. The summed E-state index contributed by atoms with van der Waals surface area (Å²) in [4.78, 5) is 31.7. The van der Waals surface area contributed by atoms with Crippen LogP contribution in [0.2, 0.25) is 0 Å². The zero-order chi connectivity index (χ0) is 21.3. The van der Waals surface area contributed by atoms with E-state index in [2.05, 4.69) is 15.1 Å². The molecule has 0 spiro atoms. The van der Waals surface area contributed by atoms with E-state index in [4.69, 9.17) is 4.74 Å². The molecule has 1 atom stereocenters.